The number of nitrogens with zero attached hydrogens (tertiary/aromatic N) is 2. The number of piperidine rings is 1. The summed E-state index contributed by atoms with van der Waals surface area (Å²) >= 11 is 1.84. The standard InChI is InChI=1S/C18H30N2S/c1-14(2)13-20-11-7-6-8-16(20)15-9-10-17(19-12-15)21-18(3,4)5/h9-10,12,14,16H,6-8,11,13H2,1-5H3/t16-/m1/s1. The molecule has 0 radical (unpaired) electrons. The van der Waals surface area contributed by atoms with Gasteiger partial charge in [0.1, 0.15) is 0 Å². The first-order valence-corrected chi connectivity index (χ1v) is 9.06. The quantitative estimate of drug-likeness (QED) is 0.715. The van der Waals surface area contributed by atoms with E-state index in [4.69, 9.17) is 0 Å². The fourth-order valence-electron chi connectivity index (χ4n) is 3.02. The van der Waals surface area contributed by atoms with Crippen molar-refractivity contribution in [1.29, 1.82) is 0 Å². The second-order valence-corrected chi connectivity index (χ2v) is 9.39. The van der Waals surface area contributed by atoms with E-state index in [1.807, 2.05) is 11.8 Å². The summed E-state index contributed by atoms with van der Waals surface area (Å²) in [6, 6.07) is 5.07. The van der Waals surface area contributed by atoms with E-state index in [1.165, 1.54) is 37.9 Å². The Balaban J connectivity index is 2.08. The SMILES string of the molecule is CC(C)CN1CCCC[C@@H]1c1ccc(SC(C)(C)C)nc1. The van der Waals surface area contributed by atoms with E-state index in [-0.39, 0.29) is 4.75 Å². The fraction of sp³-hybridized carbons (Fsp3) is 0.722. The summed E-state index contributed by atoms with van der Waals surface area (Å²) in [5.74, 6) is 0.731. The van der Waals surface area contributed by atoms with Gasteiger partial charge in [0, 0.05) is 23.5 Å². The number of hydrogen-bond donors (Lipinski definition) is 0. The fourth-order valence-corrected chi connectivity index (χ4v) is 3.89. The molecule has 0 amide bonds. The lowest BCUT2D eigenvalue weighted by atomic mass is 9.95. The summed E-state index contributed by atoms with van der Waals surface area (Å²) in [6.07, 6.45) is 6.07. The molecule has 2 nitrogen and oxygen atoms in total. The van der Waals surface area contributed by atoms with E-state index >= 15 is 0 Å². The molecule has 1 atom stereocenters. The van der Waals surface area contributed by atoms with Crippen molar-refractivity contribution in [1.82, 2.24) is 9.88 Å². The van der Waals surface area contributed by atoms with Gasteiger partial charge in [-0.2, -0.15) is 0 Å². The Bertz CT molecular complexity index is 434. The second kappa shape index (κ2) is 7.15. The Hall–Kier alpha value is -0.540. The summed E-state index contributed by atoms with van der Waals surface area (Å²) < 4.78 is 0.225. The van der Waals surface area contributed by atoms with Gasteiger partial charge < -0.3 is 0 Å². The monoisotopic (exact) mass is 306 g/mol. The summed E-state index contributed by atoms with van der Waals surface area (Å²) in [5, 5.41) is 1.14. The third kappa shape index (κ3) is 5.30. The number of rotatable bonds is 4. The van der Waals surface area contributed by atoms with Crippen LogP contribution in [0, 0.1) is 5.92 Å². The molecule has 0 aromatic carbocycles. The van der Waals surface area contributed by atoms with Gasteiger partial charge in [-0.15, -0.1) is 11.8 Å². The molecule has 0 N–H and O–H groups in total. The maximum Gasteiger partial charge on any atom is 0.0965 e. The van der Waals surface area contributed by atoms with Gasteiger partial charge >= 0.3 is 0 Å². The predicted molar refractivity (Wildman–Crippen MR) is 92.9 cm³/mol. The van der Waals surface area contributed by atoms with Crippen molar-refractivity contribution in [3.05, 3.63) is 23.9 Å². The maximum absolute atomic E-state index is 4.69. The highest BCUT2D eigenvalue weighted by molar-refractivity contribution is 8.00. The molecule has 1 saturated heterocycles. The minimum Gasteiger partial charge on any atom is -0.296 e. The van der Waals surface area contributed by atoms with Crippen LogP contribution in [0.15, 0.2) is 23.4 Å². The van der Waals surface area contributed by atoms with E-state index in [9.17, 15) is 0 Å². The number of aromatic nitrogens is 1. The lowest BCUT2D eigenvalue weighted by Gasteiger charge is -2.37. The van der Waals surface area contributed by atoms with Crippen LogP contribution in [0.4, 0.5) is 0 Å². The molecule has 118 valence electrons. The zero-order valence-electron chi connectivity index (χ0n) is 14.2. The van der Waals surface area contributed by atoms with Gasteiger partial charge in [-0.3, -0.25) is 4.90 Å². The summed E-state index contributed by atoms with van der Waals surface area (Å²) in [5.41, 5.74) is 1.40. The van der Waals surface area contributed by atoms with E-state index in [1.54, 1.807) is 0 Å². The Morgan fingerprint density at radius 3 is 2.62 bits per heavy atom. The Kier molecular flexibility index (Phi) is 5.73. The van der Waals surface area contributed by atoms with E-state index in [0.29, 0.717) is 6.04 Å². The van der Waals surface area contributed by atoms with Crippen LogP contribution in [0.3, 0.4) is 0 Å². The van der Waals surface area contributed by atoms with Gasteiger partial charge in [-0.05, 0) is 36.9 Å². The molecule has 0 spiro atoms. The molecule has 0 unspecified atom stereocenters. The molecular formula is C18H30N2S. The molecule has 3 heteroatoms. The van der Waals surface area contributed by atoms with E-state index in [0.717, 1.165) is 10.9 Å². The molecule has 2 heterocycles. The summed E-state index contributed by atoms with van der Waals surface area (Å²) in [6.45, 7) is 13.8. The number of hydrogen-bond acceptors (Lipinski definition) is 3. The van der Waals surface area contributed by atoms with Crippen LogP contribution in [-0.2, 0) is 0 Å². The minimum absolute atomic E-state index is 0.225. The molecule has 0 bridgehead atoms. The van der Waals surface area contributed by atoms with Crippen molar-refractivity contribution >= 4 is 11.8 Å². The lowest BCUT2D eigenvalue weighted by molar-refractivity contribution is 0.132. The molecule has 1 aliphatic rings. The number of likely N-dealkylation sites (tertiary alicyclic amines) is 1. The van der Waals surface area contributed by atoms with Gasteiger partial charge in [0.2, 0.25) is 0 Å². The van der Waals surface area contributed by atoms with Gasteiger partial charge in [-0.1, -0.05) is 47.1 Å². The molecule has 1 aromatic rings. The maximum atomic E-state index is 4.69. The number of pyridine rings is 1. The molecule has 1 fully saturated rings. The topological polar surface area (TPSA) is 16.1 Å². The molecule has 0 aliphatic carbocycles. The third-order valence-electron chi connectivity index (χ3n) is 3.77. The van der Waals surface area contributed by atoms with Crippen LogP contribution in [0.2, 0.25) is 0 Å². The zero-order chi connectivity index (χ0) is 15.5. The van der Waals surface area contributed by atoms with Crippen molar-refractivity contribution in [2.75, 3.05) is 13.1 Å². The normalized spacial score (nSPS) is 21.0. The highest BCUT2D eigenvalue weighted by Gasteiger charge is 2.24. The van der Waals surface area contributed by atoms with Crippen molar-refractivity contribution in [3.8, 4) is 0 Å². The second-order valence-electron chi connectivity index (χ2n) is 7.54. The van der Waals surface area contributed by atoms with Crippen LogP contribution in [-0.4, -0.2) is 27.7 Å². The van der Waals surface area contributed by atoms with Gasteiger partial charge in [0.15, 0.2) is 0 Å². The van der Waals surface area contributed by atoms with Crippen molar-refractivity contribution in [2.45, 2.75) is 69.7 Å². The third-order valence-corrected chi connectivity index (χ3v) is 4.83. The number of thioether (sulfide) groups is 1. The highest BCUT2D eigenvalue weighted by atomic mass is 32.2. The van der Waals surface area contributed by atoms with Crippen LogP contribution < -0.4 is 0 Å². The Morgan fingerprint density at radius 2 is 2.05 bits per heavy atom. The van der Waals surface area contributed by atoms with Crippen LogP contribution in [0.25, 0.3) is 0 Å². The first-order chi connectivity index (χ1) is 9.85. The predicted octanol–water partition coefficient (Wildman–Crippen LogP) is 5.16. The van der Waals surface area contributed by atoms with Crippen molar-refractivity contribution < 1.29 is 0 Å². The first-order valence-electron chi connectivity index (χ1n) is 8.24. The van der Waals surface area contributed by atoms with Crippen molar-refractivity contribution in [2.24, 2.45) is 5.92 Å². The average Bonchev–Trinajstić information content (AvgIpc) is 2.38. The Morgan fingerprint density at radius 1 is 1.29 bits per heavy atom. The van der Waals surface area contributed by atoms with Gasteiger partial charge in [-0.25, -0.2) is 4.98 Å². The van der Waals surface area contributed by atoms with Crippen LogP contribution >= 0.6 is 11.8 Å². The molecule has 0 saturated carbocycles. The largest absolute Gasteiger partial charge is 0.296 e. The van der Waals surface area contributed by atoms with E-state index in [2.05, 4.69) is 62.8 Å². The van der Waals surface area contributed by atoms with E-state index < -0.39 is 0 Å². The van der Waals surface area contributed by atoms with Gasteiger partial charge in [0.05, 0.1) is 5.03 Å². The lowest BCUT2D eigenvalue weighted by Crippen LogP contribution is -2.36. The molecule has 21 heavy (non-hydrogen) atoms. The molecular weight excluding hydrogens is 276 g/mol. The zero-order valence-corrected chi connectivity index (χ0v) is 15.0. The minimum atomic E-state index is 0.225. The van der Waals surface area contributed by atoms with Crippen molar-refractivity contribution in [3.63, 3.8) is 0 Å². The Labute approximate surface area is 134 Å². The molecule has 2 rings (SSSR count). The summed E-state index contributed by atoms with van der Waals surface area (Å²) in [7, 11) is 0. The molecule has 1 aromatic heterocycles. The average molecular weight is 307 g/mol. The molecule has 1 aliphatic heterocycles. The van der Waals surface area contributed by atoms with Crippen LogP contribution in [0.5, 0.6) is 0 Å². The summed E-state index contributed by atoms with van der Waals surface area (Å²) in [4.78, 5) is 7.34. The first kappa shape index (κ1) is 16.8. The van der Waals surface area contributed by atoms with Crippen LogP contribution in [0.1, 0.15) is 65.5 Å². The van der Waals surface area contributed by atoms with Gasteiger partial charge in [0.25, 0.3) is 0 Å². The smallest absolute Gasteiger partial charge is 0.0965 e. The highest BCUT2D eigenvalue weighted by Crippen LogP contribution is 2.34.